The monoisotopic (exact) mass is 392 g/mol. The number of carbonyl (C=O) groups excluding carboxylic acids is 1. The maximum absolute atomic E-state index is 12.9. The van der Waals surface area contributed by atoms with E-state index in [2.05, 4.69) is 4.98 Å². The van der Waals surface area contributed by atoms with Gasteiger partial charge in [0.05, 0.1) is 11.1 Å². The summed E-state index contributed by atoms with van der Waals surface area (Å²) in [6.07, 6.45) is 1.22. The molecular formula is C19H21FN2O4S. The lowest BCUT2D eigenvalue weighted by Gasteiger charge is -2.37. The van der Waals surface area contributed by atoms with E-state index in [1.54, 1.807) is 18.7 Å². The third-order valence-electron chi connectivity index (χ3n) is 4.71. The van der Waals surface area contributed by atoms with E-state index in [1.165, 1.54) is 35.6 Å². The predicted molar refractivity (Wildman–Crippen MR) is 98.5 cm³/mol. The Morgan fingerprint density at radius 1 is 1.37 bits per heavy atom. The topological polar surface area (TPSA) is 79.7 Å². The Morgan fingerprint density at radius 3 is 2.74 bits per heavy atom. The van der Waals surface area contributed by atoms with Gasteiger partial charge in [0.2, 0.25) is 0 Å². The summed E-state index contributed by atoms with van der Waals surface area (Å²) in [5.41, 5.74) is -0.314. The molecule has 0 radical (unpaired) electrons. The van der Waals surface area contributed by atoms with E-state index in [-0.39, 0.29) is 24.9 Å². The molecule has 1 amide bonds. The van der Waals surface area contributed by atoms with Crippen molar-refractivity contribution in [2.24, 2.45) is 5.41 Å². The van der Waals surface area contributed by atoms with Crippen LogP contribution in [0.15, 0.2) is 24.3 Å². The number of nitrogens with zero attached hydrogens (tertiary/aromatic N) is 2. The molecule has 0 bridgehead atoms. The van der Waals surface area contributed by atoms with Crippen LogP contribution in [0.25, 0.3) is 0 Å². The van der Waals surface area contributed by atoms with Gasteiger partial charge in [-0.25, -0.2) is 9.37 Å². The summed E-state index contributed by atoms with van der Waals surface area (Å²) < 4.78 is 18.5. The Hall–Kier alpha value is -2.48. The van der Waals surface area contributed by atoms with Gasteiger partial charge < -0.3 is 14.7 Å². The summed E-state index contributed by atoms with van der Waals surface area (Å²) in [5, 5.41) is 10.1. The number of thiazole rings is 1. The first kappa shape index (κ1) is 19.3. The van der Waals surface area contributed by atoms with Crippen molar-refractivity contribution < 1.29 is 23.8 Å². The Balaban J connectivity index is 1.69. The number of piperidine rings is 1. The second-order valence-corrected chi connectivity index (χ2v) is 8.04. The van der Waals surface area contributed by atoms with E-state index in [4.69, 9.17) is 4.74 Å². The van der Waals surface area contributed by atoms with Gasteiger partial charge in [0.25, 0.3) is 5.91 Å². The lowest BCUT2D eigenvalue weighted by molar-refractivity contribution is -0.150. The predicted octanol–water partition coefficient (Wildman–Crippen LogP) is 3.50. The molecule has 3 rings (SSSR count). The van der Waals surface area contributed by atoms with Gasteiger partial charge >= 0.3 is 5.97 Å². The van der Waals surface area contributed by atoms with E-state index < -0.39 is 11.4 Å². The lowest BCUT2D eigenvalue weighted by atomic mass is 9.82. The fraction of sp³-hybridized carbons (Fsp3) is 0.421. The number of carboxylic acids is 1. The van der Waals surface area contributed by atoms with Gasteiger partial charge in [-0.05, 0) is 51.0 Å². The van der Waals surface area contributed by atoms with Crippen LogP contribution < -0.4 is 4.74 Å². The zero-order chi connectivity index (χ0) is 19.6. The SMILES string of the molecule is Cc1nc(COc2ccc(F)cc2)sc1C(=O)N1CCCC(C)(C(=O)O)C1. The first-order valence-electron chi connectivity index (χ1n) is 8.66. The summed E-state index contributed by atoms with van der Waals surface area (Å²) in [7, 11) is 0. The molecule has 1 aliphatic heterocycles. The summed E-state index contributed by atoms with van der Waals surface area (Å²) in [4.78, 5) is 30.9. The number of likely N-dealkylation sites (tertiary alicyclic amines) is 1. The Kier molecular flexibility index (Phi) is 5.46. The third kappa shape index (κ3) is 4.27. The molecule has 2 heterocycles. The third-order valence-corrected chi connectivity index (χ3v) is 5.83. The minimum Gasteiger partial charge on any atom is -0.486 e. The first-order chi connectivity index (χ1) is 12.8. The van der Waals surface area contributed by atoms with Crippen LogP contribution in [-0.4, -0.2) is 40.0 Å². The van der Waals surface area contributed by atoms with Gasteiger partial charge in [-0.15, -0.1) is 11.3 Å². The fourth-order valence-electron chi connectivity index (χ4n) is 3.12. The van der Waals surface area contributed by atoms with Gasteiger partial charge in [0.15, 0.2) is 0 Å². The van der Waals surface area contributed by atoms with Crippen LogP contribution >= 0.6 is 11.3 Å². The highest BCUT2D eigenvalue weighted by molar-refractivity contribution is 7.13. The number of aryl methyl sites for hydroxylation is 1. The molecule has 1 N–H and O–H groups in total. The number of benzene rings is 1. The number of ether oxygens (including phenoxy) is 1. The van der Waals surface area contributed by atoms with Crippen molar-refractivity contribution in [2.75, 3.05) is 13.1 Å². The summed E-state index contributed by atoms with van der Waals surface area (Å²) in [6.45, 7) is 4.35. The minimum atomic E-state index is -0.916. The quantitative estimate of drug-likeness (QED) is 0.842. The second-order valence-electron chi connectivity index (χ2n) is 6.96. The van der Waals surface area contributed by atoms with E-state index in [9.17, 15) is 19.1 Å². The first-order valence-corrected chi connectivity index (χ1v) is 9.47. The fourth-order valence-corrected chi connectivity index (χ4v) is 4.07. The van der Waals surface area contributed by atoms with Crippen molar-refractivity contribution in [3.05, 3.63) is 45.7 Å². The second kappa shape index (κ2) is 7.64. The van der Waals surface area contributed by atoms with Gasteiger partial charge in [0.1, 0.15) is 28.1 Å². The highest BCUT2D eigenvalue weighted by Crippen LogP contribution is 2.31. The van der Waals surface area contributed by atoms with Crippen LogP contribution in [0, 0.1) is 18.2 Å². The van der Waals surface area contributed by atoms with Crippen molar-refractivity contribution in [3.63, 3.8) is 0 Å². The molecule has 1 saturated heterocycles. The van der Waals surface area contributed by atoms with Gasteiger partial charge in [-0.3, -0.25) is 9.59 Å². The van der Waals surface area contributed by atoms with Gasteiger partial charge in [-0.2, -0.15) is 0 Å². The molecule has 1 aromatic heterocycles. The molecule has 1 atom stereocenters. The normalized spacial score (nSPS) is 19.7. The number of amides is 1. The number of rotatable bonds is 5. The van der Waals surface area contributed by atoms with Crippen LogP contribution in [0.4, 0.5) is 4.39 Å². The van der Waals surface area contributed by atoms with E-state index in [0.717, 1.165) is 0 Å². The molecule has 2 aromatic rings. The number of hydrogen-bond donors (Lipinski definition) is 1. The van der Waals surface area contributed by atoms with Gasteiger partial charge in [-0.1, -0.05) is 0 Å². The standard InChI is InChI=1S/C19H21FN2O4S/c1-12-16(17(23)22-9-3-8-19(2,11-22)18(24)25)27-15(21-12)10-26-14-6-4-13(20)5-7-14/h4-7H,3,8-11H2,1-2H3,(H,24,25). The molecule has 1 aromatic carbocycles. The highest BCUT2D eigenvalue weighted by Gasteiger charge is 2.40. The molecule has 1 unspecified atom stereocenters. The lowest BCUT2D eigenvalue weighted by Crippen LogP contribution is -2.48. The summed E-state index contributed by atoms with van der Waals surface area (Å²) in [5.74, 6) is -0.889. The van der Waals surface area contributed by atoms with Crippen LogP contribution in [0.2, 0.25) is 0 Å². The van der Waals surface area contributed by atoms with Crippen LogP contribution in [0.5, 0.6) is 5.75 Å². The Labute approximate surface area is 160 Å². The summed E-state index contributed by atoms with van der Waals surface area (Å²) >= 11 is 1.24. The maximum Gasteiger partial charge on any atom is 0.311 e. The smallest absolute Gasteiger partial charge is 0.311 e. The Bertz CT molecular complexity index is 852. The van der Waals surface area contributed by atoms with E-state index in [1.807, 2.05) is 0 Å². The van der Waals surface area contributed by atoms with Crippen LogP contribution in [-0.2, 0) is 11.4 Å². The van der Waals surface area contributed by atoms with Crippen molar-refractivity contribution in [2.45, 2.75) is 33.3 Å². The molecule has 1 aliphatic rings. The van der Waals surface area contributed by atoms with Crippen molar-refractivity contribution >= 4 is 23.2 Å². The molecule has 144 valence electrons. The molecule has 1 fully saturated rings. The van der Waals surface area contributed by atoms with Crippen molar-refractivity contribution in [3.8, 4) is 5.75 Å². The molecule has 0 aliphatic carbocycles. The number of carboxylic acid groups (broad SMARTS) is 1. The highest BCUT2D eigenvalue weighted by atomic mass is 32.1. The van der Waals surface area contributed by atoms with E-state index in [0.29, 0.717) is 40.7 Å². The molecule has 0 spiro atoms. The van der Waals surface area contributed by atoms with Crippen molar-refractivity contribution in [1.82, 2.24) is 9.88 Å². The number of aromatic nitrogens is 1. The average molecular weight is 392 g/mol. The van der Waals surface area contributed by atoms with Crippen LogP contribution in [0.3, 0.4) is 0 Å². The maximum atomic E-state index is 12.9. The van der Waals surface area contributed by atoms with E-state index >= 15 is 0 Å². The number of hydrogen-bond acceptors (Lipinski definition) is 5. The number of halogens is 1. The zero-order valence-corrected chi connectivity index (χ0v) is 16.0. The molecular weight excluding hydrogens is 371 g/mol. The average Bonchev–Trinajstić information content (AvgIpc) is 3.01. The largest absolute Gasteiger partial charge is 0.486 e. The summed E-state index contributed by atoms with van der Waals surface area (Å²) in [6, 6.07) is 5.69. The Morgan fingerprint density at radius 2 is 2.07 bits per heavy atom. The minimum absolute atomic E-state index is 0.178. The van der Waals surface area contributed by atoms with Crippen molar-refractivity contribution in [1.29, 1.82) is 0 Å². The van der Waals surface area contributed by atoms with Crippen LogP contribution in [0.1, 0.15) is 40.1 Å². The molecule has 27 heavy (non-hydrogen) atoms. The molecule has 0 saturated carbocycles. The zero-order valence-electron chi connectivity index (χ0n) is 15.2. The molecule has 8 heteroatoms. The van der Waals surface area contributed by atoms with Gasteiger partial charge in [0, 0.05) is 13.1 Å². The number of carbonyl (C=O) groups is 2. The number of aliphatic carboxylic acids is 1. The molecule has 6 nitrogen and oxygen atoms in total.